The number of carbonyl (C=O) groups excluding carboxylic acids is 2. The van der Waals surface area contributed by atoms with Gasteiger partial charge in [0.25, 0.3) is 5.91 Å². The largest absolute Gasteiger partial charge is 0.480 e. The Labute approximate surface area is 284 Å². The summed E-state index contributed by atoms with van der Waals surface area (Å²) in [6.45, 7) is 1.28. The molecule has 4 aromatic rings. The Bertz CT molecular complexity index is 1940. The molecule has 0 bridgehead atoms. The summed E-state index contributed by atoms with van der Waals surface area (Å²) < 4.78 is 28.9. The molecule has 0 spiro atoms. The molecule has 0 radical (unpaired) electrons. The zero-order valence-electron chi connectivity index (χ0n) is 23.8. The van der Waals surface area contributed by atoms with E-state index in [1.807, 2.05) is 0 Å². The van der Waals surface area contributed by atoms with Crippen molar-refractivity contribution in [2.24, 2.45) is 0 Å². The van der Waals surface area contributed by atoms with Crippen molar-refractivity contribution in [3.8, 4) is 0 Å². The molecule has 3 aromatic carbocycles. The highest BCUT2D eigenvalue weighted by Crippen LogP contribution is 2.43. The lowest BCUT2D eigenvalue weighted by molar-refractivity contribution is -0.143. The highest BCUT2D eigenvalue weighted by molar-refractivity contribution is 7.89. The zero-order chi connectivity index (χ0) is 33.4. The summed E-state index contributed by atoms with van der Waals surface area (Å²) in [5.74, 6) is -2.74. The number of carbonyl (C=O) groups is 3. The second kappa shape index (κ2) is 13.2. The summed E-state index contributed by atoms with van der Waals surface area (Å²) in [4.78, 5) is 42.7. The SMILES string of the molecule is CC1(C(=O)N[C@@H](Cc2ccc(NC(=O)c3c(Cl)cncc3Cl)cc2)C(=O)O)c2ccccc2CN1S(=O)(=O)c1cc(Cl)cc(Cl)c1. The number of halogens is 4. The summed E-state index contributed by atoms with van der Waals surface area (Å²) in [6, 6.07) is 15.4. The van der Waals surface area contributed by atoms with Crippen LogP contribution >= 0.6 is 46.4 Å². The number of sulfonamides is 1. The van der Waals surface area contributed by atoms with Crippen LogP contribution in [0.2, 0.25) is 20.1 Å². The normalized spacial score (nSPS) is 16.8. The molecule has 0 aliphatic carbocycles. The Morgan fingerprint density at radius 2 is 1.57 bits per heavy atom. The number of carboxylic acid groups (broad SMARTS) is 1. The Morgan fingerprint density at radius 3 is 2.17 bits per heavy atom. The van der Waals surface area contributed by atoms with E-state index in [-0.39, 0.29) is 43.5 Å². The minimum absolute atomic E-state index is 0.0487. The van der Waals surface area contributed by atoms with Crippen molar-refractivity contribution in [2.45, 2.75) is 36.4 Å². The third-order valence-corrected chi connectivity index (χ3v) is 10.5. The van der Waals surface area contributed by atoms with Crippen LogP contribution in [0, 0.1) is 0 Å². The molecule has 0 fully saturated rings. The Hall–Kier alpha value is -3.71. The van der Waals surface area contributed by atoms with E-state index in [0.29, 0.717) is 22.4 Å². The van der Waals surface area contributed by atoms with Crippen LogP contribution in [0.5, 0.6) is 0 Å². The van der Waals surface area contributed by atoms with E-state index in [0.717, 1.165) is 4.31 Å². The summed E-state index contributed by atoms with van der Waals surface area (Å²) >= 11 is 24.3. The molecule has 1 aromatic heterocycles. The van der Waals surface area contributed by atoms with Crippen molar-refractivity contribution >= 4 is 79.9 Å². The smallest absolute Gasteiger partial charge is 0.326 e. The van der Waals surface area contributed by atoms with Crippen LogP contribution in [0.4, 0.5) is 5.69 Å². The number of amides is 2. The molecule has 1 aliphatic rings. The van der Waals surface area contributed by atoms with Crippen LogP contribution < -0.4 is 10.6 Å². The molecule has 2 atom stereocenters. The molecule has 3 N–H and O–H groups in total. The fourth-order valence-corrected chi connectivity index (χ4v) is 8.20. The van der Waals surface area contributed by atoms with Crippen LogP contribution in [0.15, 0.2) is 84.0 Å². The quantitative estimate of drug-likeness (QED) is 0.187. The van der Waals surface area contributed by atoms with Crippen molar-refractivity contribution < 1.29 is 27.9 Å². The van der Waals surface area contributed by atoms with Crippen molar-refractivity contribution in [3.05, 3.63) is 121 Å². The van der Waals surface area contributed by atoms with Gasteiger partial charge in [-0.25, -0.2) is 13.2 Å². The average molecular weight is 722 g/mol. The van der Waals surface area contributed by atoms with Gasteiger partial charge < -0.3 is 15.7 Å². The highest BCUT2D eigenvalue weighted by atomic mass is 35.5. The average Bonchev–Trinajstić information content (AvgIpc) is 3.31. The molecule has 15 heteroatoms. The maximum Gasteiger partial charge on any atom is 0.326 e. The number of aliphatic carboxylic acids is 1. The molecule has 1 unspecified atom stereocenters. The van der Waals surface area contributed by atoms with Crippen molar-refractivity contribution in [1.82, 2.24) is 14.6 Å². The van der Waals surface area contributed by atoms with E-state index in [4.69, 9.17) is 46.4 Å². The van der Waals surface area contributed by atoms with Gasteiger partial charge in [-0.05, 0) is 53.9 Å². The standard InChI is InChI=1S/C31H24Cl4N4O6S/c1-31(23-5-3-2-4-18(23)16-39(31)46(44,45)22-12-19(32)11-20(33)13-22)30(43)38-26(29(41)42)10-17-6-8-21(9-7-17)37-28(40)27-24(34)14-36-15-25(27)35/h2-9,11-15,26H,10,16H2,1H3,(H,37,40)(H,38,43)(H,41,42)/t26-,31?/m0/s1. The summed E-state index contributed by atoms with van der Waals surface area (Å²) in [7, 11) is -4.36. The molecular formula is C31H24Cl4N4O6S. The first-order valence-corrected chi connectivity index (χ1v) is 16.5. The maximum atomic E-state index is 14.0. The summed E-state index contributed by atoms with van der Waals surface area (Å²) in [5.41, 5.74) is 0.110. The van der Waals surface area contributed by atoms with Gasteiger partial charge in [-0.1, -0.05) is 82.8 Å². The van der Waals surface area contributed by atoms with Gasteiger partial charge in [-0.2, -0.15) is 4.31 Å². The molecule has 46 heavy (non-hydrogen) atoms. The topological polar surface area (TPSA) is 146 Å². The van der Waals surface area contributed by atoms with Crippen molar-refractivity contribution in [3.63, 3.8) is 0 Å². The van der Waals surface area contributed by atoms with Gasteiger partial charge >= 0.3 is 5.97 Å². The van der Waals surface area contributed by atoms with Crippen LogP contribution in [0.3, 0.4) is 0 Å². The number of carboxylic acids is 1. The lowest BCUT2D eigenvalue weighted by Gasteiger charge is -2.34. The van der Waals surface area contributed by atoms with Gasteiger partial charge in [-0.3, -0.25) is 14.6 Å². The Morgan fingerprint density at radius 1 is 0.957 bits per heavy atom. The number of hydrogen-bond acceptors (Lipinski definition) is 6. The lowest BCUT2D eigenvalue weighted by Crippen LogP contribution is -2.56. The first-order valence-electron chi connectivity index (χ1n) is 13.5. The minimum Gasteiger partial charge on any atom is -0.480 e. The second-order valence-electron chi connectivity index (χ2n) is 10.5. The number of anilines is 1. The van der Waals surface area contributed by atoms with Crippen LogP contribution in [-0.2, 0) is 38.1 Å². The van der Waals surface area contributed by atoms with Gasteiger partial charge in [0.05, 0.1) is 20.5 Å². The predicted octanol–water partition coefficient (Wildman–Crippen LogP) is 6.18. The number of nitrogens with zero attached hydrogens (tertiary/aromatic N) is 2. The van der Waals surface area contributed by atoms with Crippen LogP contribution in [0.25, 0.3) is 0 Å². The van der Waals surface area contributed by atoms with Gasteiger partial charge in [0.1, 0.15) is 11.6 Å². The van der Waals surface area contributed by atoms with E-state index in [1.165, 1.54) is 37.5 Å². The molecule has 2 heterocycles. The first kappa shape index (κ1) is 33.6. The van der Waals surface area contributed by atoms with Gasteiger partial charge in [0.2, 0.25) is 15.9 Å². The Balaban J connectivity index is 1.38. The number of aromatic nitrogens is 1. The summed E-state index contributed by atoms with van der Waals surface area (Å²) in [5, 5.41) is 15.6. The van der Waals surface area contributed by atoms with Crippen molar-refractivity contribution in [1.29, 1.82) is 0 Å². The number of fused-ring (bicyclic) bond motifs is 1. The number of hydrogen-bond donors (Lipinski definition) is 3. The van der Waals surface area contributed by atoms with Gasteiger partial charge in [0, 0.05) is 41.1 Å². The maximum absolute atomic E-state index is 14.0. The fraction of sp³-hybridized carbons (Fsp3) is 0.161. The number of rotatable bonds is 9. The first-order chi connectivity index (χ1) is 21.7. The van der Waals surface area contributed by atoms with E-state index < -0.39 is 39.4 Å². The van der Waals surface area contributed by atoms with E-state index in [1.54, 1.807) is 48.5 Å². The molecule has 0 saturated heterocycles. The van der Waals surface area contributed by atoms with E-state index in [9.17, 15) is 27.9 Å². The minimum atomic E-state index is -4.36. The van der Waals surface area contributed by atoms with Crippen LogP contribution in [0.1, 0.15) is 34.0 Å². The number of nitrogens with one attached hydrogen (secondary N) is 2. The van der Waals surface area contributed by atoms with Gasteiger partial charge in [-0.15, -0.1) is 0 Å². The second-order valence-corrected chi connectivity index (χ2v) is 14.1. The Kier molecular flexibility index (Phi) is 9.65. The lowest BCUT2D eigenvalue weighted by atomic mass is 9.91. The molecule has 2 amide bonds. The zero-order valence-corrected chi connectivity index (χ0v) is 27.6. The third-order valence-electron chi connectivity index (χ3n) is 7.56. The van der Waals surface area contributed by atoms with Gasteiger partial charge in [0.15, 0.2) is 0 Å². The monoisotopic (exact) mass is 720 g/mol. The van der Waals surface area contributed by atoms with E-state index in [2.05, 4.69) is 15.6 Å². The molecule has 0 saturated carbocycles. The molecule has 5 rings (SSSR count). The molecule has 10 nitrogen and oxygen atoms in total. The van der Waals surface area contributed by atoms with Crippen molar-refractivity contribution in [2.75, 3.05) is 5.32 Å². The number of pyridine rings is 1. The summed E-state index contributed by atoms with van der Waals surface area (Å²) in [6.07, 6.45) is 2.43. The molecular weight excluding hydrogens is 698 g/mol. The highest BCUT2D eigenvalue weighted by Gasteiger charge is 2.53. The van der Waals surface area contributed by atoms with E-state index >= 15 is 0 Å². The number of benzene rings is 3. The predicted molar refractivity (Wildman–Crippen MR) is 175 cm³/mol. The molecule has 238 valence electrons. The molecule has 1 aliphatic heterocycles. The van der Waals surface area contributed by atoms with Crippen LogP contribution in [-0.4, -0.2) is 46.6 Å². The third kappa shape index (κ3) is 6.57. The fourth-order valence-electron chi connectivity index (χ4n) is 5.23.